The van der Waals surface area contributed by atoms with Crippen LogP contribution in [0, 0.1) is 3.95 Å². The van der Waals surface area contributed by atoms with Crippen molar-refractivity contribution in [1.29, 1.82) is 0 Å². The molecule has 8 heteroatoms. The van der Waals surface area contributed by atoms with Crippen LogP contribution < -0.4 is 19.9 Å². The van der Waals surface area contributed by atoms with E-state index in [9.17, 15) is 0 Å². The number of nitrogens with zero attached hydrogens (tertiary/aromatic N) is 3. The highest BCUT2D eigenvalue weighted by atomic mass is 32.1. The molecule has 2 heterocycles. The number of hydrogen-bond donors (Lipinski definition) is 2. The SMILES string of the molecule is CCCNc1nn(C[NH+]2CCN(c3ccccc3OCC)CC2)c(=S)s1. The smallest absolute Gasteiger partial charge is 0.204 e. The average Bonchev–Trinajstić information content (AvgIpc) is 3.01. The normalized spacial score (nSPS) is 15.2. The summed E-state index contributed by atoms with van der Waals surface area (Å²) in [6, 6.07) is 8.32. The van der Waals surface area contributed by atoms with E-state index in [0.717, 1.165) is 60.6 Å². The Kier molecular flexibility index (Phi) is 6.87. The van der Waals surface area contributed by atoms with Crippen LogP contribution in [0.5, 0.6) is 5.75 Å². The second-order valence-electron chi connectivity index (χ2n) is 6.40. The number of para-hydroxylation sites is 2. The molecule has 3 rings (SSSR count). The summed E-state index contributed by atoms with van der Waals surface area (Å²) >= 11 is 7.04. The summed E-state index contributed by atoms with van der Waals surface area (Å²) in [6.45, 7) is 10.8. The molecule has 6 nitrogen and oxygen atoms in total. The fourth-order valence-corrected chi connectivity index (χ4v) is 4.17. The fourth-order valence-electron chi connectivity index (χ4n) is 3.14. The van der Waals surface area contributed by atoms with Crippen LogP contribution in [0.25, 0.3) is 0 Å². The zero-order valence-electron chi connectivity index (χ0n) is 15.5. The quantitative estimate of drug-likeness (QED) is 0.673. The van der Waals surface area contributed by atoms with Gasteiger partial charge in [0.05, 0.1) is 38.5 Å². The van der Waals surface area contributed by atoms with Gasteiger partial charge in [0.2, 0.25) is 5.13 Å². The summed E-state index contributed by atoms with van der Waals surface area (Å²) < 4.78 is 8.60. The van der Waals surface area contributed by atoms with E-state index >= 15 is 0 Å². The molecule has 1 saturated heterocycles. The zero-order chi connectivity index (χ0) is 18.4. The third-order valence-corrected chi connectivity index (χ3v) is 5.75. The fraction of sp³-hybridized carbons (Fsp3) is 0.556. The number of ether oxygens (including phenoxy) is 1. The number of rotatable bonds is 8. The van der Waals surface area contributed by atoms with Crippen molar-refractivity contribution in [2.24, 2.45) is 0 Å². The number of hydrogen-bond acceptors (Lipinski definition) is 6. The van der Waals surface area contributed by atoms with E-state index in [2.05, 4.69) is 40.4 Å². The molecule has 0 amide bonds. The maximum Gasteiger partial charge on any atom is 0.204 e. The monoisotopic (exact) mass is 394 g/mol. The van der Waals surface area contributed by atoms with E-state index in [-0.39, 0.29) is 0 Å². The molecule has 1 aliphatic rings. The molecular weight excluding hydrogens is 366 g/mol. The Bertz CT molecular complexity index is 752. The molecular formula is C18H28N5OS2+. The molecule has 0 atom stereocenters. The number of anilines is 2. The Morgan fingerprint density at radius 2 is 2.04 bits per heavy atom. The lowest BCUT2D eigenvalue weighted by molar-refractivity contribution is -0.924. The van der Waals surface area contributed by atoms with Crippen LogP contribution in [-0.4, -0.2) is 49.1 Å². The minimum atomic E-state index is 0.693. The van der Waals surface area contributed by atoms with E-state index in [1.807, 2.05) is 17.7 Å². The minimum absolute atomic E-state index is 0.693. The summed E-state index contributed by atoms with van der Waals surface area (Å²) in [4.78, 5) is 3.93. The van der Waals surface area contributed by atoms with Gasteiger partial charge in [-0.15, -0.1) is 5.10 Å². The predicted molar refractivity (Wildman–Crippen MR) is 110 cm³/mol. The molecule has 142 valence electrons. The van der Waals surface area contributed by atoms with Gasteiger partial charge in [0, 0.05) is 6.54 Å². The summed E-state index contributed by atoms with van der Waals surface area (Å²) in [5.74, 6) is 0.979. The Hall–Kier alpha value is -1.64. The predicted octanol–water partition coefficient (Wildman–Crippen LogP) is 2.26. The van der Waals surface area contributed by atoms with E-state index < -0.39 is 0 Å². The van der Waals surface area contributed by atoms with Gasteiger partial charge in [-0.1, -0.05) is 30.4 Å². The Morgan fingerprint density at radius 1 is 1.27 bits per heavy atom. The molecule has 0 bridgehead atoms. The van der Waals surface area contributed by atoms with Crippen molar-refractivity contribution in [3.8, 4) is 5.75 Å². The van der Waals surface area contributed by atoms with Crippen LogP contribution in [0.15, 0.2) is 24.3 Å². The van der Waals surface area contributed by atoms with Crippen LogP contribution in [0.4, 0.5) is 10.8 Å². The Balaban J connectivity index is 1.58. The van der Waals surface area contributed by atoms with Gasteiger partial charge < -0.3 is 19.9 Å². The second-order valence-corrected chi connectivity index (χ2v) is 8.02. The lowest BCUT2D eigenvalue weighted by Gasteiger charge is -2.34. The number of aromatic nitrogens is 2. The highest BCUT2D eigenvalue weighted by Gasteiger charge is 2.23. The maximum absolute atomic E-state index is 5.78. The van der Waals surface area contributed by atoms with Crippen molar-refractivity contribution in [1.82, 2.24) is 9.78 Å². The number of quaternary nitrogens is 1. The second kappa shape index (κ2) is 9.34. The van der Waals surface area contributed by atoms with E-state index in [0.29, 0.717) is 6.61 Å². The zero-order valence-corrected chi connectivity index (χ0v) is 17.2. The highest BCUT2D eigenvalue weighted by Crippen LogP contribution is 2.27. The minimum Gasteiger partial charge on any atom is -0.492 e. The van der Waals surface area contributed by atoms with E-state index in [1.54, 1.807) is 11.3 Å². The first-order valence-corrected chi connectivity index (χ1v) is 10.6. The summed E-state index contributed by atoms with van der Waals surface area (Å²) in [6.07, 6.45) is 1.09. The first-order valence-electron chi connectivity index (χ1n) is 9.33. The lowest BCUT2D eigenvalue weighted by Crippen LogP contribution is -3.14. The molecule has 2 N–H and O–H groups in total. The van der Waals surface area contributed by atoms with Crippen molar-refractivity contribution >= 4 is 34.4 Å². The van der Waals surface area contributed by atoms with E-state index in [4.69, 9.17) is 17.0 Å². The first-order chi connectivity index (χ1) is 12.7. The van der Waals surface area contributed by atoms with Crippen molar-refractivity contribution in [2.75, 3.05) is 49.5 Å². The molecule has 0 unspecified atom stereocenters. The van der Waals surface area contributed by atoms with Crippen molar-refractivity contribution in [3.05, 3.63) is 28.2 Å². The van der Waals surface area contributed by atoms with Gasteiger partial charge in [-0.3, -0.25) is 0 Å². The molecule has 0 radical (unpaired) electrons. The van der Waals surface area contributed by atoms with Crippen LogP contribution in [0.1, 0.15) is 20.3 Å². The average molecular weight is 395 g/mol. The van der Waals surface area contributed by atoms with E-state index in [1.165, 1.54) is 10.6 Å². The van der Waals surface area contributed by atoms with Crippen LogP contribution in [0.3, 0.4) is 0 Å². The molecule has 1 aromatic carbocycles. The molecule has 0 aliphatic carbocycles. The van der Waals surface area contributed by atoms with Crippen molar-refractivity contribution < 1.29 is 9.64 Å². The molecule has 0 spiro atoms. The van der Waals surface area contributed by atoms with Gasteiger partial charge in [-0.05, 0) is 37.7 Å². The highest BCUT2D eigenvalue weighted by molar-refractivity contribution is 7.73. The third-order valence-electron chi connectivity index (χ3n) is 4.48. The first kappa shape index (κ1) is 19.1. The molecule has 0 saturated carbocycles. The van der Waals surface area contributed by atoms with Gasteiger partial charge >= 0.3 is 0 Å². The number of piperazine rings is 1. The lowest BCUT2D eigenvalue weighted by atomic mass is 10.2. The molecule has 26 heavy (non-hydrogen) atoms. The summed E-state index contributed by atoms with van der Waals surface area (Å²) in [7, 11) is 0. The Labute approximate surface area is 164 Å². The number of benzene rings is 1. The van der Waals surface area contributed by atoms with Gasteiger partial charge in [-0.25, -0.2) is 0 Å². The molecule has 1 aromatic heterocycles. The van der Waals surface area contributed by atoms with Gasteiger partial charge in [0.15, 0.2) is 10.6 Å². The van der Waals surface area contributed by atoms with Gasteiger partial charge in [-0.2, -0.15) is 4.68 Å². The summed E-state index contributed by atoms with van der Waals surface area (Å²) in [5, 5.41) is 8.88. The third kappa shape index (κ3) is 4.75. The van der Waals surface area contributed by atoms with Crippen molar-refractivity contribution in [2.45, 2.75) is 26.9 Å². The molecule has 2 aromatic rings. The molecule has 1 fully saturated rings. The molecule has 1 aliphatic heterocycles. The standard InChI is InChI=1S/C18H27N5OS2/c1-3-9-19-17-20-23(18(25)26-17)14-21-10-12-22(13-11-21)15-7-5-6-8-16(15)24-4-2/h5-8H,3-4,9-14H2,1-2H3,(H,19,20)/p+1. The Morgan fingerprint density at radius 3 is 2.77 bits per heavy atom. The summed E-state index contributed by atoms with van der Waals surface area (Å²) in [5.41, 5.74) is 1.20. The van der Waals surface area contributed by atoms with Gasteiger partial charge in [0.25, 0.3) is 0 Å². The van der Waals surface area contributed by atoms with Crippen LogP contribution in [0.2, 0.25) is 0 Å². The van der Waals surface area contributed by atoms with Gasteiger partial charge in [0.1, 0.15) is 5.75 Å². The van der Waals surface area contributed by atoms with Crippen molar-refractivity contribution in [3.63, 3.8) is 0 Å². The topological polar surface area (TPSA) is 46.8 Å². The largest absolute Gasteiger partial charge is 0.492 e. The maximum atomic E-state index is 5.78. The van der Waals surface area contributed by atoms with Crippen LogP contribution in [-0.2, 0) is 6.67 Å². The van der Waals surface area contributed by atoms with Crippen LogP contribution >= 0.6 is 23.6 Å². The number of nitrogens with one attached hydrogen (secondary N) is 2.